The molecule has 2 aliphatic heterocycles. The predicted molar refractivity (Wildman–Crippen MR) is 151 cm³/mol. The summed E-state index contributed by atoms with van der Waals surface area (Å²) in [5, 5.41) is 11.4. The van der Waals surface area contributed by atoms with Gasteiger partial charge in [-0.25, -0.2) is 0 Å². The fraction of sp³-hybridized carbons (Fsp3) is 0.567. The maximum atomic E-state index is 10.8. The van der Waals surface area contributed by atoms with Gasteiger partial charge in [0.15, 0.2) is 0 Å². The van der Waals surface area contributed by atoms with Crippen molar-refractivity contribution in [3.05, 3.63) is 60.2 Å². The summed E-state index contributed by atoms with van der Waals surface area (Å²) in [5.74, 6) is 1.69. The third-order valence-electron chi connectivity index (χ3n) is 8.92. The third kappa shape index (κ3) is 4.99. The smallest absolute Gasteiger partial charge is 0.0889 e. The van der Waals surface area contributed by atoms with Crippen molar-refractivity contribution in [3.8, 4) is 6.07 Å². The Morgan fingerprint density at radius 3 is 2.29 bits per heavy atom. The Morgan fingerprint density at radius 2 is 1.66 bits per heavy atom. The van der Waals surface area contributed by atoms with Gasteiger partial charge in [0.05, 0.1) is 11.5 Å². The molecule has 0 radical (unpaired) electrons. The average Bonchev–Trinajstić information content (AvgIpc) is 3.38. The maximum Gasteiger partial charge on any atom is 0.0889 e. The topological polar surface area (TPSA) is 30.3 Å². The molecule has 2 aromatic rings. The molecule has 2 aromatic carbocycles. The van der Waals surface area contributed by atoms with Crippen LogP contribution in [0.15, 0.2) is 59.5 Å². The van der Waals surface area contributed by atoms with Crippen molar-refractivity contribution in [2.45, 2.75) is 47.7 Å². The molecule has 2 saturated heterocycles. The first-order chi connectivity index (χ1) is 17.2. The molecule has 0 N–H and O–H groups in total. The number of nitrogens with zero attached hydrogens (tertiary/aromatic N) is 3. The predicted octanol–water partition coefficient (Wildman–Crippen LogP) is 6.55. The molecule has 1 aliphatic carbocycles. The van der Waals surface area contributed by atoms with Crippen LogP contribution in [0, 0.1) is 29.1 Å². The summed E-state index contributed by atoms with van der Waals surface area (Å²) >= 11 is 3.80. The molecule has 5 heteroatoms. The van der Waals surface area contributed by atoms with Crippen molar-refractivity contribution < 1.29 is 0 Å². The Labute approximate surface area is 220 Å². The molecule has 3 unspecified atom stereocenters. The fourth-order valence-electron chi connectivity index (χ4n) is 7.06. The highest BCUT2D eigenvalue weighted by Gasteiger charge is 2.52. The first kappa shape index (κ1) is 25.1. The normalized spacial score (nSPS) is 25.7. The summed E-state index contributed by atoms with van der Waals surface area (Å²) in [6.07, 6.45) is 10.4. The Balaban J connectivity index is 1.21. The lowest BCUT2D eigenvalue weighted by atomic mass is 9.60. The average molecular weight is 506 g/mol. The second kappa shape index (κ2) is 11.2. The van der Waals surface area contributed by atoms with Crippen LogP contribution in [0.3, 0.4) is 0 Å². The highest BCUT2D eigenvalue weighted by Crippen LogP contribution is 2.52. The fourth-order valence-corrected chi connectivity index (χ4v) is 8.55. The van der Waals surface area contributed by atoms with Gasteiger partial charge in [0.25, 0.3) is 0 Å². The van der Waals surface area contributed by atoms with E-state index in [-0.39, 0.29) is 5.41 Å². The monoisotopic (exact) mass is 505 g/mol. The minimum absolute atomic E-state index is 0.340. The van der Waals surface area contributed by atoms with E-state index >= 15 is 0 Å². The van der Waals surface area contributed by atoms with Crippen molar-refractivity contribution >= 4 is 29.2 Å². The molecule has 0 bridgehead atoms. The van der Waals surface area contributed by atoms with E-state index in [9.17, 15) is 5.26 Å². The van der Waals surface area contributed by atoms with Gasteiger partial charge in [-0.05, 0) is 92.9 Å². The molecule has 2 heterocycles. The largest absolute Gasteiger partial charge is 0.371 e. The Hall–Kier alpha value is -1.61. The van der Waals surface area contributed by atoms with Crippen LogP contribution in [0.2, 0.25) is 0 Å². The van der Waals surface area contributed by atoms with E-state index in [1.807, 2.05) is 11.8 Å². The van der Waals surface area contributed by atoms with E-state index < -0.39 is 0 Å². The molecule has 0 spiro atoms. The highest BCUT2D eigenvalue weighted by molar-refractivity contribution is 7.99. The van der Waals surface area contributed by atoms with Gasteiger partial charge >= 0.3 is 0 Å². The van der Waals surface area contributed by atoms with Gasteiger partial charge in [0.2, 0.25) is 0 Å². The number of thioether (sulfide) groups is 2. The molecule has 1 saturated carbocycles. The summed E-state index contributed by atoms with van der Waals surface area (Å²) < 4.78 is 0. The second-order valence-electron chi connectivity index (χ2n) is 10.7. The molecule has 5 rings (SSSR count). The molecule has 35 heavy (non-hydrogen) atoms. The highest BCUT2D eigenvalue weighted by atomic mass is 32.2. The molecule has 3 atom stereocenters. The first-order valence-corrected chi connectivity index (χ1v) is 15.8. The summed E-state index contributed by atoms with van der Waals surface area (Å²) in [4.78, 5) is 6.53. The van der Waals surface area contributed by atoms with Crippen LogP contribution >= 0.6 is 23.5 Å². The second-order valence-corrected chi connectivity index (χ2v) is 12.7. The summed E-state index contributed by atoms with van der Waals surface area (Å²) in [6, 6.07) is 22.8. The van der Waals surface area contributed by atoms with Crippen LogP contribution in [0.25, 0.3) is 0 Å². The first-order valence-electron chi connectivity index (χ1n) is 13.3. The zero-order valence-corrected chi connectivity index (χ0v) is 22.9. The van der Waals surface area contributed by atoms with Crippen molar-refractivity contribution in [1.82, 2.24) is 4.90 Å². The van der Waals surface area contributed by atoms with E-state index in [0.29, 0.717) is 17.1 Å². The van der Waals surface area contributed by atoms with Crippen LogP contribution in [0.1, 0.15) is 37.7 Å². The molecular formula is C30H39N3S2. The van der Waals surface area contributed by atoms with Crippen molar-refractivity contribution in [1.29, 1.82) is 5.26 Å². The molecule has 3 aliphatic rings. The van der Waals surface area contributed by atoms with Crippen LogP contribution in [-0.2, 0) is 5.41 Å². The van der Waals surface area contributed by atoms with Gasteiger partial charge in [0, 0.05) is 41.4 Å². The van der Waals surface area contributed by atoms with E-state index in [0.717, 1.165) is 31.8 Å². The number of anilines is 1. The van der Waals surface area contributed by atoms with E-state index in [2.05, 4.69) is 83.0 Å². The Bertz CT molecular complexity index is 991. The van der Waals surface area contributed by atoms with Crippen molar-refractivity contribution in [2.75, 3.05) is 50.1 Å². The molecule has 3 fully saturated rings. The van der Waals surface area contributed by atoms with Crippen LogP contribution < -0.4 is 4.90 Å². The van der Waals surface area contributed by atoms with Gasteiger partial charge in [-0.15, -0.1) is 11.8 Å². The van der Waals surface area contributed by atoms with Gasteiger partial charge < -0.3 is 9.80 Å². The van der Waals surface area contributed by atoms with E-state index in [1.165, 1.54) is 55.0 Å². The lowest BCUT2D eigenvalue weighted by Crippen LogP contribution is -2.54. The minimum Gasteiger partial charge on any atom is -0.371 e. The lowest BCUT2D eigenvalue weighted by molar-refractivity contribution is 0.104. The number of piperidine rings is 1. The molecule has 0 aromatic heterocycles. The van der Waals surface area contributed by atoms with Crippen LogP contribution in [0.4, 0.5) is 5.69 Å². The maximum absolute atomic E-state index is 10.8. The minimum atomic E-state index is -0.340. The van der Waals surface area contributed by atoms with Crippen molar-refractivity contribution in [2.24, 2.45) is 17.8 Å². The van der Waals surface area contributed by atoms with Crippen molar-refractivity contribution in [3.63, 3.8) is 0 Å². The van der Waals surface area contributed by atoms with E-state index in [4.69, 9.17) is 0 Å². The number of nitriles is 1. The number of hydrogen-bond donors (Lipinski definition) is 0. The summed E-state index contributed by atoms with van der Waals surface area (Å²) in [5.41, 5.74) is 2.29. The molecule has 3 nitrogen and oxygen atoms in total. The summed E-state index contributed by atoms with van der Waals surface area (Å²) in [6.45, 7) is 5.81. The number of rotatable bonds is 8. The number of hydrogen-bond acceptors (Lipinski definition) is 5. The van der Waals surface area contributed by atoms with Gasteiger partial charge in [0.1, 0.15) is 0 Å². The number of benzene rings is 2. The molecular weight excluding hydrogens is 466 g/mol. The molecule has 0 amide bonds. The zero-order valence-electron chi connectivity index (χ0n) is 21.2. The lowest BCUT2D eigenvalue weighted by Gasteiger charge is -2.48. The standard InChI is InChI=1S/C30H39N3S2/c1-34-27-13-11-26(12-14-27)33-20-23(21-33)19-32-17-15-25(16-18-32)30(22-31,24-7-4-3-5-8-24)28-9-6-10-29(28)35-2/h3-5,7-8,11-14,23,25,28-29H,6,9-10,15-21H2,1-2H3. The quantitative estimate of drug-likeness (QED) is 0.380. The molecule has 186 valence electrons. The SMILES string of the molecule is CSc1ccc(N2CC(CN3CCC(C(C#N)(c4ccccc4)C4CCCC4SC)CC3)C2)cc1. The van der Waals surface area contributed by atoms with Crippen LogP contribution in [-0.4, -0.2) is 55.4 Å². The Kier molecular flexibility index (Phi) is 8.02. The zero-order chi connectivity index (χ0) is 24.3. The number of likely N-dealkylation sites (tertiary alicyclic amines) is 1. The van der Waals surface area contributed by atoms with Crippen LogP contribution in [0.5, 0.6) is 0 Å². The van der Waals surface area contributed by atoms with E-state index in [1.54, 1.807) is 11.8 Å². The van der Waals surface area contributed by atoms with Gasteiger partial charge in [-0.2, -0.15) is 17.0 Å². The third-order valence-corrected chi connectivity index (χ3v) is 10.8. The summed E-state index contributed by atoms with van der Waals surface area (Å²) in [7, 11) is 0. The van der Waals surface area contributed by atoms with Gasteiger partial charge in [-0.1, -0.05) is 36.8 Å². The Morgan fingerprint density at radius 1 is 0.943 bits per heavy atom. The van der Waals surface area contributed by atoms with Gasteiger partial charge in [-0.3, -0.25) is 0 Å².